The molecule has 0 N–H and O–H groups in total. The summed E-state index contributed by atoms with van der Waals surface area (Å²) in [5.41, 5.74) is 1.89. The summed E-state index contributed by atoms with van der Waals surface area (Å²) >= 11 is 0. The van der Waals surface area contributed by atoms with Crippen molar-refractivity contribution in [1.29, 1.82) is 0 Å². The van der Waals surface area contributed by atoms with Crippen LogP contribution in [0.1, 0.15) is 23.0 Å². The van der Waals surface area contributed by atoms with E-state index in [1.807, 2.05) is 0 Å². The normalized spacial score (nSPS) is 10.3. The predicted octanol–water partition coefficient (Wildman–Crippen LogP) is 3.05. The zero-order valence-corrected chi connectivity index (χ0v) is 11.4. The van der Waals surface area contributed by atoms with Gasteiger partial charge in [-0.25, -0.2) is 13.9 Å². The summed E-state index contributed by atoms with van der Waals surface area (Å²) in [6.07, 6.45) is 1.38. The van der Waals surface area contributed by atoms with E-state index < -0.39 is 11.8 Å². The Balaban J connectivity index is 2.30. The number of para-hydroxylation sites is 1. The molecule has 1 aromatic heterocycles. The van der Waals surface area contributed by atoms with Crippen LogP contribution in [0.5, 0.6) is 0 Å². The van der Waals surface area contributed by atoms with E-state index in [2.05, 4.69) is 11.7 Å². The van der Waals surface area contributed by atoms with Crippen molar-refractivity contribution in [2.24, 2.45) is 0 Å². The van der Waals surface area contributed by atoms with Crippen molar-refractivity contribution in [3.8, 4) is 5.69 Å². The fraction of sp³-hybridized carbons (Fsp3) is 0.200. The lowest BCUT2D eigenvalue weighted by Gasteiger charge is -2.07. The number of halogens is 1. The van der Waals surface area contributed by atoms with Gasteiger partial charge in [-0.3, -0.25) is 0 Å². The first-order valence-corrected chi connectivity index (χ1v) is 6.11. The molecule has 0 spiro atoms. The van der Waals surface area contributed by atoms with Gasteiger partial charge in [0.05, 0.1) is 11.9 Å². The highest BCUT2D eigenvalue weighted by Crippen LogP contribution is 2.17. The number of carbonyl (C=O) groups is 1. The number of hydrogen-bond acceptors (Lipinski definition) is 3. The second kappa shape index (κ2) is 5.69. The minimum Gasteiger partial charge on any atom is -0.458 e. The quantitative estimate of drug-likeness (QED) is 0.635. The molecule has 1 heterocycles. The van der Waals surface area contributed by atoms with E-state index in [1.165, 1.54) is 16.9 Å². The molecular formula is C15H15FN2O2. The van der Waals surface area contributed by atoms with E-state index in [-0.39, 0.29) is 6.61 Å². The Kier molecular flexibility index (Phi) is 3.98. The highest BCUT2D eigenvalue weighted by molar-refractivity contribution is 5.90. The van der Waals surface area contributed by atoms with Crippen molar-refractivity contribution in [3.05, 3.63) is 59.7 Å². The largest absolute Gasteiger partial charge is 0.458 e. The standard InChI is InChI=1S/C15H15FN2O2/c1-10(2)9-20-15(19)12-8-17-18(11(12)3)14-7-5-4-6-13(14)16/h4-8H,1,9H2,2-3H3. The Labute approximate surface area is 116 Å². The number of carbonyl (C=O) groups excluding carboxylic acids is 1. The van der Waals surface area contributed by atoms with Gasteiger partial charge in [0.25, 0.3) is 0 Å². The van der Waals surface area contributed by atoms with Crippen molar-refractivity contribution in [1.82, 2.24) is 9.78 Å². The van der Waals surface area contributed by atoms with Gasteiger partial charge < -0.3 is 4.74 Å². The molecule has 5 heteroatoms. The smallest absolute Gasteiger partial charge is 0.341 e. The third-order valence-corrected chi connectivity index (χ3v) is 2.76. The number of aromatic nitrogens is 2. The summed E-state index contributed by atoms with van der Waals surface area (Å²) in [6.45, 7) is 7.27. The Bertz CT molecular complexity index is 662. The van der Waals surface area contributed by atoms with Crippen LogP contribution in [0.3, 0.4) is 0 Å². The van der Waals surface area contributed by atoms with Crippen molar-refractivity contribution in [2.75, 3.05) is 6.61 Å². The summed E-state index contributed by atoms with van der Waals surface area (Å²) in [6, 6.07) is 6.24. The number of rotatable bonds is 4. The van der Waals surface area contributed by atoms with E-state index in [1.54, 1.807) is 32.0 Å². The molecule has 0 saturated heterocycles. The number of esters is 1. The average Bonchev–Trinajstić information content (AvgIpc) is 2.78. The van der Waals surface area contributed by atoms with Crippen LogP contribution in [-0.4, -0.2) is 22.4 Å². The SMILES string of the molecule is C=C(C)COC(=O)c1cnn(-c2ccccc2F)c1C. The van der Waals surface area contributed by atoms with Gasteiger partial charge >= 0.3 is 5.97 Å². The summed E-state index contributed by atoms with van der Waals surface area (Å²) in [5, 5.41) is 4.05. The zero-order chi connectivity index (χ0) is 14.7. The third-order valence-electron chi connectivity index (χ3n) is 2.76. The Hall–Kier alpha value is -2.43. The van der Waals surface area contributed by atoms with Gasteiger partial charge in [0.15, 0.2) is 0 Å². The molecule has 20 heavy (non-hydrogen) atoms. The van der Waals surface area contributed by atoms with Crippen LogP contribution < -0.4 is 0 Å². The summed E-state index contributed by atoms with van der Waals surface area (Å²) in [4.78, 5) is 11.9. The minimum absolute atomic E-state index is 0.156. The molecule has 1 aromatic carbocycles. The minimum atomic E-state index is -0.493. The molecule has 0 unspecified atom stereocenters. The second-order valence-electron chi connectivity index (χ2n) is 4.54. The molecule has 0 fully saturated rings. The molecule has 104 valence electrons. The van der Waals surface area contributed by atoms with Gasteiger partial charge in [0.1, 0.15) is 23.7 Å². The van der Waals surface area contributed by atoms with Crippen LogP contribution in [0, 0.1) is 12.7 Å². The van der Waals surface area contributed by atoms with Gasteiger partial charge in [-0.15, -0.1) is 0 Å². The highest BCUT2D eigenvalue weighted by Gasteiger charge is 2.17. The molecule has 0 aliphatic carbocycles. The molecule has 0 aliphatic heterocycles. The van der Waals surface area contributed by atoms with E-state index >= 15 is 0 Å². The monoisotopic (exact) mass is 274 g/mol. The molecule has 0 bridgehead atoms. The molecule has 0 radical (unpaired) electrons. The topological polar surface area (TPSA) is 44.1 Å². The first-order chi connectivity index (χ1) is 9.50. The third kappa shape index (κ3) is 2.77. The number of ether oxygens (including phenoxy) is 1. The maximum absolute atomic E-state index is 13.7. The van der Waals surface area contributed by atoms with Gasteiger partial charge in [-0.1, -0.05) is 18.7 Å². The van der Waals surface area contributed by atoms with Crippen LogP contribution in [0.4, 0.5) is 4.39 Å². The second-order valence-corrected chi connectivity index (χ2v) is 4.54. The van der Waals surface area contributed by atoms with Crippen LogP contribution >= 0.6 is 0 Å². The molecule has 0 atom stereocenters. The fourth-order valence-electron chi connectivity index (χ4n) is 1.74. The highest BCUT2D eigenvalue weighted by atomic mass is 19.1. The van der Waals surface area contributed by atoms with Crippen LogP contribution in [0.25, 0.3) is 5.69 Å². The number of hydrogen-bond donors (Lipinski definition) is 0. The van der Waals surface area contributed by atoms with Crippen molar-refractivity contribution >= 4 is 5.97 Å². The van der Waals surface area contributed by atoms with Gasteiger partial charge in [0.2, 0.25) is 0 Å². The lowest BCUT2D eigenvalue weighted by Crippen LogP contribution is -2.09. The lowest BCUT2D eigenvalue weighted by atomic mass is 10.2. The summed E-state index contributed by atoms with van der Waals surface area (Å²) in [5.74, 6) is -0.895. The predicted molar refractivity (Wildman–Crippen MR) is 73.4 cm³/mol. The van der Waals surface area contributed by atoms with Gasteiger partial charge in [-0.2, -0.15) is 5.10 Å². The maximum atomic E-state index is 13.7. The molecule has 0 aliphatic rings. The first-order valence-electron chi connectivity index (χ1n) is 6.11. The molecule has 2 aromatic rings. The van der Waals surface area contributed by atoms with Gasteiger partial charge in [0, 0.05) is 0 Å². The molecule has 2 rings (SSSR count). The molecular weight excluding hydrogens is 259 g/mol. The summed E-state index contributed by atoms with van der Waals surface area (Å²) < 4.78 is 20.2. The van der Waals surface area contributed by atoms with E-state index in [4.69, 9.17) is 4.74 Å². The van der Waals surface area contributed by atoms with Crippen molar-refractivity contribution < 1.29 is 13.9 Å². The first kappa shape index (κ1) is 14.0. The van der Waals surface area contributed by atoms with Gasteiger partial charge in [-0.05, 0) is 31.6 Å². The number of benzene rings is 1. The molecule has 0 saturated carbocycles. The molecule has 0 amide bonds. The Morgan fingerprint density at radius 1 is 1.45 bits per heavy atom. The fourth-order valence-corrected chi connectivity index (χ4v) is 1.74. The maximum Gasteiger partial charge on any atom is 0.341 e. The van der Waals surface area contributed by atoms with E-state index in [0.29, 0.717) is 16.9 Å². The van der Waals surface area contributed by atoms with Crippen molar-refractivity contribution in [3.63, 3.8) is 0 Å². The van der Waals surface area contributed by atoms with E-state index in [9.17, 15) is 9.18 Å². The lowest BCUT2D eigenvalue weighted by molar-refractivity contribution is 0.0539. The van der Waals surface area contributed by atoms with Crippen LogP contribution in [0.2, 0.25) is 0 Å². The van der Waals surface area contributed by atoms with Crippen LogP contribution in [0.15, 0.2) is 42.6 Å². The Morgan fingerprint density at radius 3 is 2.80 bits per heavy atom. The van der Waals surface area contributed by atoms with Crippen molar-refractivity contribution in [2.45, 2.75) is 13.8 Å². The van der Waals surface area contributed by atoms with E-state index in [0.717, 1.165) is 5.57 Å². The number of nitrogens with zero attached hydrogens (tertiary/aromatic N) is 2. The Morgan fingerprint density at radius 2 is 2.15 bits per heavy atom. The summed E-state index contributed by atoms with van der Waals surface area (Å²) in [7, 11) is 0. The van der Waals surface area contributed by atoms with Crippen LogP contribution in [-0.2, 0) is 4.74 Å². The molecule has 4 nitrogen and oxygen atoms in total. The average molecular weight is 274 g/mol. The zero-order valence-electron chi connectivity index (χ0n) is 11.4.